The number of esters is 1. The number of ether oxygens (including phenoxy) is 3. The maximum atomic E-state index is 12.0. The lowest BCUT2D eigenvalue weighted by Crippen LogP contribution is -2.20. The summed E-state index contributed by atoms with van der Waals surface area (Å²) in [7, 11) is 0. The second-order valence-corrected chi connectivity index (χ2v) is 4.43. The fourth-order valence-electron chi connectivity index (χ4n) is 1.58. The van der Waals surface area contributed by atoms with Gasteiger partial charge in [0.1, 0.15) is 0 Å². The maximum absolute atomic E-state index is 12.0. The van der Waals surface area contributed by atoms with E-state index >= 15 is 0 Å². The monoisotopic (exact) mass is 310 g/mol. The van der Waals surface area contributed by atoms with E-state index in [4.69, 9.17) is 21.1 Å². The molecule has 0 spiro atoms. The summed E-state index contributed by atoms with van der Waals surface area (Å²) >= 11 is 5.92. The first-order valence-corrected chi connectivity index (χ1v) is 6.07. The van der Waals surface area contributed by atoms with Crippen molar-refractivity contribution in [3.8, 4) is 11.5 Å². The molecule has 1 heterocycles. The van der Waals surface area contributed by atoms with Crippen molar-refractivity contribution in [1.82, 2.24) is 0 Å². The molecule has 0 fully saturated rings. The normalized spacial score (nSPS) is 14.6. The molecule has 0 N–H and O–H groups in total. The van der Waals surface area contributed by atoms with Crippen molar-refractivity contribution in [1.29, 1.82) is 0 Å². The Morgan fingerprint density at radius 2 is 2.00 bits per heavy atom. The van der Waals surface area contributed by atoms with Crippen LogP contribution in [0.5, 0.6) is 11.5 Å². The second-order valence-electron chi connectivity index (χ2n) is 4.03. The summed E-state index contributed by atoms with van der Waals surface area (Å²) in [6.45, 7) is -0.882. The lowest BCUT2D eigenvalue weighted by molar-refractivity contribution is -0.161. The van der Waals surface area contributed by atoms with Gasteiger partial charge in [-0.15, -0.1) is 0 Å². The first-order chi connectivity index (χ1) is 9.37. The SMILES string of the molecule is O=C(OCC(F)(F)F)c1cc(Cl)c2c(c1)OCCCO2. The van der Waals surface area contributed by atoms with E-state index in [1.165, 1.54) is 12.1 Å². The van der Waals surface area contributed by atoms with E-state index < -0.39 is 18.8 Å². The third kappa shape index (κ3) is 3.69. The highest BCUT2D eigenvalue weighted by atomic mass is 35.5. The van der Waals surface area contributed by atoms with Gasteiger partial charge >= 0.3 is 12.1 Å². The molecule has 0 bridgehead atoms. The standard InChI is InChI=1S/C12H10ClF3O4/c13-8-4-7(11(17)20-6-12(14,15)16)5-9-10(8)19-3-1-2-18-9/h4-5H,1-3,6H2. The predicted molar refractivity (Wildman–Crippen MR) is 63.4 cm³/mol. The molecule has 0 atom stereocenters. The predicted octanol–water partition coefficient (Wildman–Crippen LogP) is 3.22. The smallest absolute Gasteiger partial charge is 0.422 e. The van der Waals surface area contributed by atoms with Gasteiger partial charge in [0.05, 0.1) is 23.8 Å². The number of hydrogen-bond acceptors (Lipinski definition) is 4. The van der Waals surface area contributed by atoms with Crippen molar-refractivity contribution in [2.45, 2.75) is 12.6 Å². The van der Waals surface area contributed by atoms with Gasteiger partial charge in [-0.3, -0.25) is 0 Å². The first kappa shape index (κ1) is 14.8. The number of carbonyl (C=O) groups is 1. The molecule has 2 rings (SSSR count). The molecular formula is C12H10ClF3O4. The summed E-state index contributed by atoms with van der Waals surface area (Å²) in [5.74, 6) is -0.634. The van der Waals surface area contributed by atoms with Crippen LogP contribution in [0.2, 0.25) is 5.02 Å². The van der Waals surface area contributed by atoms with Gasteiger partial charge in [-0.05, 0) is 12.1 Å². The molecule has 0 radical (unpaired) electrons. The number of fused-ring (bicyclic) bond motifs is 1. The largest absolute Gasteiger partial charge is 0.489 e. The highest BCUT2D eigenvalue weighted by molar-refractivity contribution is 6.32. The molecule has 20 heavy (non-hydrogen) atoms. The number of halogens is 4. The molecule has 0 saturated heterocycles. The molecule has 0 unspecified atom stereocenters. The summed E-state index contributed by atoms with van der Waals surface area (Å²) in [6, 6.07) is 2.44. The Morgan fingerprint density at radius 3 is 2.70 bits per heavy atom. The van der Waals surface area contributed by atoms with Crippen molar-refractivity contribution >= 4 is 17.6 Å². The summed E-state index contributed by atoms with van der Waals surface area (Å²) < 4.78 is 50.8. The number of alkyl halides is 3. The molecule has 0 aromatic heterocycles. The van der Waals surface area contributed by atoms with Gasteiger partial charge in [0.15, 0.2) is 18.1 Å². The van der Waals surface area contributed by atoms with Crippen molar-refractivity contribution < 1.29 is 32.2 Å². The van der Waals surface area contributed by atoms with Crippen molar-refractivity contribution in [2.24, 2.45) is 0 Å². The lowest BCUT2D eigenvalue weighted by Gasteiger charge is -2.12. The van der Waals surface area contributed by atoms with E-state index in [9.17, 15) is 18.0 Å². The Labute approximate surface area is 117 Å². The van der Waals surface area contributed by atoms with Crippen LogP contribution in [0.3, 0.4) is 0 Å². The van der Waals surface area contributed by atoms with Crippen LogP contribution in [0, 0.1) is 0 Å². The van der Waals surface area contributed by atoms with E-state index in [0.29, 0.717) is 19.6 Å². The minimum atomic E-state index is -4.58. The molecule has 0 amide bonds. The number of hydrogen-bond donors (Lipinski definition) is 0. The summed E-state index contributed by atoms with van der Waals surface area (Å²) in [5, 5.41) is 0.0864. The van der Waals surface area contributed by atoms with Crippen LogP contribution in [0.1, 0.15) is 16.8 Å². The summed E-state index contributed by atoms with van der Waals surface area (Å²) in [4.78, 5) is 11.5. The molecule has 1 aliphatic rings. The minimum absolute atomic E-state index is 0.0864. The van der Waals surface area contributed by atoms with Crippen LogP contribution < -0.4 is 9.47 Å². The minimum Gasteiger partial charge on any atom is -0.489 e. The Bertz CT molecular complexity index is 516. The van der Waals surface area contributed by atoms with Gasteiger partial charge in [0.2, 0.25) is 0 Å². The zero-order valence-corrected chi connectivity index (χ0v) is 10.9. The fraction of sp³-hybridized carbons (Fsp3) is 0.417. The van der Waals surface area contributed by atoms with E-state index in [1.807, 2.05) is 0 Å². The maximum Gasteiger partial charge on any atom is 0.422 e. The average Bonchev–Trinajstić information content (AvgIpc) is 2.60. The fourth-order valence-corrected chi connectivity index (χ4v) is 1.84. The van der Waals surface area contributed by atoms with E-state index in [1.54, 1.807) is 0 Å². The Kier molecular flexibility index (Phi) is 4.27. The highest BCUT2D eigenvalue weighted by Crippen LogP contribution is 2.38. The average molecular weight is 311 g/mol. The Hall–Kier alpha value is -1.63. The highest BCUT2D eigenvalue weighted by Gasteiger charge is 2.30. The van der Waals surface area contributed by atoms with Crippen LogP contribution in [-0.2, 0) is 4.74 Å². The third-order valence-electron chi connectivity index (χ3n) is 2.40. The summed E-state index contributed by atoms with van der Waals surface area (Å²) in [6.07, 6.45) is -3.94. The van der Waals surface area contributed by atoms with Gasteiger partial charge in [0.25, 0.3) is 0 Å². The van der Waals surface area contributed by atoms with Crippen molar-refractivity contribution in [2.75, 3.05) is 19.8 Å². The quantitative estimate of drug-likeness (QED) is 0.787. The van der Waals surface area contributed by atoms with Crippen LogP contribution >= 0.6 is 11.6 Å². The lowest BCUT2D eigenvalue weighted by atomic mass is 10.2. The molecule has 110 valence electrons. The second kappa shape index (κ2) is 5.78. The van der Waals surface area contributed by atoms with Crippen molar-refractivity contribution in [3.05, 3.63) is 22.7 Å². The van der Waals surface area contributed by atoms with Crippen molar-refractivity contribution in [3.63, 3.8) is 0 Å². The molecule has 4 nitrogen and oxygen atoms in total. The molecule has 8 heteroatoms. The van der Waals surface area contributed by atoms with E-state index in [-0.39, 0.29) is 22.1 Å². The molecule has 0 saturated carbocycles. The van der Waals surface area contributed by atoms with Crippen LogP contribution in [-0.4, -0.2) is 32.0 Å². The van der Waals surface area contributed by atoms with Gasteiger partial charge in [-0.25, -0.2) is 4.79 Å². The molecule has 1 aromatic rings. The molecule has 1 aromatic carbocycles. The van der Waals surface area contributed by atoms with Gasteiger partial charge in [0, 0.05) is 6.42 Å². The van der Waals surface area contributed by atoms with Gasteiger partial charge < -0.3 is 14.2 Å². The Balaban J connectivity index is 2.19. The number of carbonyl (C=O) groups excluding carboxylic acids is 1. The van der Waals surface area contributed by atoms with Crippen LogP contribution in [0.4, 0.5) is 13.2 Å². The van der Waals surface area contributed by atoms with Crippen LogP contribution in [0.25, 0.3) is 0 Å². The van der Waals surface area contributed by atoms with Gasteiger partial charge in [-0.2, -0.15) is 13.2 Å². The number of benzene rings is 1. The van der Waals surface area contributed by atoms with E-state index in [2.05, 4.69) is 4.74 Å². The topological polar surface area (TPSA) is 44.8 Å². The van der Waals surface area contributed by atoms with E-state index in [0.717, 1.165) is 0 Å². The van der Waals surface area contributed by atoms with Crippen LogP contribution in [0.15, 0.2) is 12.1 Å². The number of rotatable bonds is 2. The molecular weight excluding hydrogens is 301 g/mol. The Morgan fingerprint density at radius 1 is 1.30 bits per heavy atom. The molecule has 1 aliphatic heterocycles. The first-order valence-electron chi connectivity index (χ1n) is 5.70. The van der Waals surface area contributed by atoms with Gasteiger partial charge in [-0.1, -0.05) is 11.6 Å². The molecule has 0 aliphatic carbocycles. The zero-order valence-electron chi connectivity index (χ0n) is 10.1. The summed E-state index contributed by atoms with van der Waals surface area (Å²) in [5.41, 5.74) is -0.122. The zero-order chi connectivity index (χ0) is 14.8. The third-order valence-corrected chi connectivity index (χ3v) is 2.69.